The third-order valence-corrected chi connectivity index (χ3v) is 5.79. The highest BCUT2D eigenvalue weighted by Crippen LogP contribution is 2.41. The Bertz CT molecular complexity index is 1230. The Labute approximate surface area is 195 Å². The fourth-order valence-electron chi connectivity index (χ4n) is 3.83. The van der Waals surface area contributed by atoms with E-state index in [4.69, 9.17) is 21.1 Å². The lowest BCUT2D eigenvalue weighted by molar-refractivity contribution is -0.140. The number of methoxy groups -OCH3 is 2. The van der Waals surface area contributed by atoms with Crippen LogP contribution in [0.5, 0.6) is 11.5 Å². The largest absolute Gasteiger partial charge is 0.507 e. The van der Waals surface area contributed by atoms with E-state index in [0.717, 1.165) is 5.56 Å². The number of hydrogen-bond acceptors (Lipinski definition) is 6. The molecule has 7 nitrogen and oxygen atoms in total. The Morgan fingerprint density at radius 2 is 1.73 bits per heavy atom. The van der Waals surface area contributed by atoms with E-state index in [1.165, 1.54) is 18.1 Å². The number of aliphatic hydroxyl groups excluding tert-OH is 1. The van der Waals surface area contributed by atoms with Crippen molar-refractivity contribution in [1.82, 2.24) is 9.88 Å². The zero-order valence-electron chi connectivity index (χ0n) is 18.0. The molecule has 0 aliphatic carbocycles. The topological polar surface area (TPSA) is 89.0 Å². The third kappa shape index (κ3) is 4.27. The Morgan fingerprint density at radius 3 is 2.33 bits per heavy atom. The average molecular weight is 465 g/mol. The molecule has 1 N–H and O–H groups in total. The molecule has 1 unspecified atom stereocenters. The fraction of sp³-hybridized carbons (Fsp3) is 0.160. The van der Waals surface area contributed by atoms with Gasteiger partial charge < -0.3 is 19.5 Å². The molecule has 0 bridgehead atoms. The number of nitrogens with zero attached hydrogens (tertiary/aromatic N) is 2. The normalized spacial score (nSPS) is 17.3. The van der Waals surface area contributed by atoms with Crippen molar-refractivity contribution < 1.29 is 24.2 Å². The lowest BCUT2D eigenvalue weighted by atomic mass is 9.95. The molecule has 1 amide bonds. The van der Waals surface area contributed by atoms with Gasteiger partial charge in [-0.1, -0.05) is 23.7 Å². The molecule has 1 saturated heterocycles. The molecular formula is C25H21ClN2O5. The van der Waals surface area contributed by atoms with Crippen LogP contribution < -0.4 is 9.47 Å². The molecule has 8 heteroatoms. The van der Waals surface area contributed by atoms with Crippen molar-refractivity contribution in [2.75, 3.05) is 14.2 Å². The van der Waals surface area contributed by atoms with Gasteiger partial charge in [-0.2, -0.15) is 0 Å². The minimum absolute atomic E-state index is 0.0130. The maximum Gasteiger partial charge on any atom is 0.295 e. The molecule has 0 saturated carbocycles. The quantitative estimate of drug-likeness (QED) is 0.331. The summed E-state index contributed by atoms with van der Waals surface area (Å²) in [6.07, 6.45) is 3.15. The van der Waals surface area contributed by atoms with E-state index in [0.29, 0.717) is 22.6 Å². The first-order chi connectivity index (χ1) is 15.9. The number of Topliss-reactive ketones (excluding diaryl/α,β-unsaturated/α-hetero) is 1. The van der Waals surface area contributed by atoms with Gasteiger partial charge in [-0.3, -0.25) is 14.6 Å². The Hall–Kier alpha value is -3.84. The standard InChI is InChI=1S/C25H21ClN2O5/c1-32-18-6-3-15(4-7-18)14-28-22(16-9-11-27-12-10-16)21(24(30)25(28)31)23(29)17-5-8-20(33-2)19(26)13-17/h3-13,22,29H,14H2,1-2H3/b23-21-. The molecule has 1 aliphatic rings. The van der Waals surface area contributed by atoms with Gasteiger partial charge >= 0.3 is 0 Å². The number of carbonyl (C=O) groups is 2. The van der Waals surface area contributed by atoms with Gasteiger partial charge in [0.2, 0.25) is 0 Å². The van der Waals surface area contributed by atoms with Gasteiger partial charge in [-0.05, 0) is 53.6 Å². The van der Waals surface area contributed by atoms with E-state index in [-0.39, 0.29) is 22.9 Å². The molecule has 0 spiro atoms. The Kier molecular flexibility index (Phi) is 6.33. The smallest absolute Gasteiger partial charge is 0.295 e. The van der Waals surface area contributed by atoms with Crippen molar-refractivity contribution in [2.24, 2.45) is 0 Å². The number of rotatable bonds is 6. The summed E-state index contributed by atoms with van der Waals surface area (Å²) >= 11 is 6.22. The number of benzene rings is 2. The summed E-state index contributed by atoms with van der Waals surface area (Å²) in [7, 11) is 3.05. The van der Waals surface area contributed by atoms with Gasteiger partial charge in [0.1, 0.15) is 17.3 Å². The molecule has 1 atom stereocenters. The number of ether oxygens (including phenoxy) is 2. The second-order valence-electron chi connectivity index (χ2n) is 7.40. The van der Waals surface area contributed by atoms with E-state index in [1.807, 2.05) is 12.1 Å². The van der Waals surface area contributed by atoms with Crippen LogP contribution in [0.1, 0.15) is 22.7 Å². The number of ketones is 1. The minimum Gasteiger partial charge on any atom is -0.507 e. The Morgan fingerprint density at radius 1 is 1.03 bits per heavy atom. The Balaban J connectivity index is 1.81. The van der Waals surface area contributed by atoms with Gasteiger partial charge in [-0.15, -0.1) is 0 Å². The van der Waals surface area contributed by atoms with E-state index >= 15 is 0 Å². The van der Waals surface area contributed by atoms with Crippen molar-refractivity contribution >= 4 is 29.1 Å². The molecule has 1 fully saturated rings. The molecule has 2 aromatic carbocycles. The highest BCUT2D eigenvalue weighted by Gasteiger charge is 2.46. The summed E-state index contributed by atoms with van der Waals surface area (Å²) < 4.78 is 10.3. The molecule has 168 valence electrons. The molecule has 4 rings (SSSR count). The van der Waals surface area contributed by atoms with Gasteiger partial charge in [0.25, 0.3) is 11.7 Å². The number of aromatic nitrogens is 1. The zero-order valence-corrected chi connectivity index (χ0v) is 18.7. The summed E-state index contributed by atoms with van der Waals surface area (Å²) in [5, 5.41) is 11.4. The first-order valence-corrected chi connectivity index (χ1v) is 10.5. The summed E-state index contributed by atoms with van der Waals surface area (Å²) in [4.78, 5) is 31.7. The van der Waals surface area contributed by atoms with Crippen LogP contribution in [-0.4, -0.2) is 40.9 Å². The van der Waals surface area contributed by atoms with E-state index in [1.54, 1.807) is 55.9 Å². The number of aliphatic hydroxyl groups is 1. The molecule has 0 radical (unpaired) electrons. The van der Waals surface area contributed by atoms with Gasteiger partial charge in [0.15, 0.2) is 0 Å². The van der Waals surface area contributed by atoms with Crippen LogP contribution in [-0.2, 0) is 16.1 Å². The van der Waals surface area contributed by atoms with Crippen LogP contribution in [0.4, 0.5) is 0 Å². The highest BCUT2D eigenvalue weighted by atomic mass is 35.5. The summed E-state index contributed by atoms with van der Waals surface area (Å²) in [5.74, 6) is -0.665. The number of halogens is 1. The van der Waals surface area contributed by atoms with E-state index < -0.39 is 17.7 Å². The van der Waals surface area contributed by atoms with Gasteiger partial charge in [0.05, 0.1) is 30.9 Å². The summed E-state index contributed by atoms with van der Waals surface area (Å²) in [6, 6.07) is 14.5. The van der Waals surface area contributed by atoms with Crippen LogP contribution in [0.25, 0.3) is 5.76 Å². The van der Waals surface area contributed by atoms with Gasteiger partial charge in [0, 0.05) is 24.5 Å². The first-order valence-electron chi connectivity index (χ1n) is 10.1. The van der Waals surface area contributed by atoms with Crippen LogP contribution >= 0.6 is 11.6 Å². The molecule has 33 heavy (non-hydrogen) atoms. The number of hydrogen-bond donors (Lipinski definition) is 1. The van der Waals surface area contributed by atoms with Crippen molar-refractivity contribution in [1.29, 1.82) is 0 Å². The molecule has 1 aliphatic heterocycles. The van der Waals surface area contributed by atoms with E-state index in [2.05, 4.69) is 4.98 Å². The SMILES string of the molecule is COc1ccc(CN2C(=O)C(=O)/C(=C(\O)c3ccc(OC)c(Cl)c3)C2c2ccncc2)cc1. The number of likely N-dealkylation sites (tertiary alicyclic amines) is 1. The van der Waals surface area contributed by atoms with Crippen molar-refractivity contribution in [3.8, 4) is 11.5 Å². The van der Waals surface area contributed by atoms with Crippen molar-refractivity contribution in [2.45, 2.75) is 12.6 Å². The summed E-state index contributed by atoms with van der Waals surface area (Å²) in [6.45, 7) is 0.168. The summed E-state index contributed by atoms with van der Waals surface area (Å²) in [5.41, 5.74) is 1.76. The third-order valence-electron chi connectivity index (χ3n) is 5.50. The van der Waals surface area contributed by atoms with Crippen LogP contribution in [0.15, 0.2) is 72.6 Å². The fourth-order valence-corrected chi connectivity index (χ4v) is 4.09. The van der Waals surface area contributed by atoms with E-state index in [9.17, 15) is 14.7 Å². The minimum atomic E-state index is -0.795. The second-order valence-corrected chi connectivity index (χ2v) is 7.81. The monoisotopic (exact) mass is 464 g/mol. The second kappa shape index (κ2) is 9.34. The lowest BCUT2D eigenvalue weighted by Crippen LogP contribution is -2.29. The molecule has 2 heterocycles. The first kappa shape index (κ1) is 22.4. The molecule has 1 aromatic heterocycles. The number of amides is 1. The van der Waals surface area contributed by atoms with Crippen LogP contribution in [0.3, 0.4) is 0 Å². The van der Waals surface area contributed by atoms with Crippen LogP contribution in [0.2, 0.25) is 5.02 Å². The number of pyridine rings is 1. The number of carbonyl (C=O) groups excluding carboxylic acids is 2. The van der Waals surface area contributed by atoms with Crippen molar-refractivity contribution in [3.05, 3.63) is 94.3 Å². The highest BCUT2D eigenvalue weighted by molar-refractivity contribution is 6.46. The lowest BCUT2D eigenvalue weighted by Gasteiger charge is -2.25. The predicted octanol–water partition coefficient (Wildman–Crippen LogP) is 4.37. The maximum atomic E-state index is 13.1. The van der Waals surface area contributed by atoms with Crippen molar-refractivity contribution in [3.63, 3.8) is 0 Å². The van der Waals surface area contributed by atoms with Crippen LogP contribution in [0, 0.1) is 0 Å². The zero-order chi connectivity index (χ0) is 23.5. The molecule has 3 aromatic rings. The predicted molar refractivity (Wildman–Crippen MR) is 123 cm³/mol. The maximum absolute atomic E-state index is 13.1. The van der Waals surface area contributed by atoms with Gasteiger partial charge in [-0.25, -0.2) is 0 Å². The average Bonchev–Trinajstić information content (AvgIpc) is 3.09. The molecular weight excluding hydrogens is 444 g/mol.